The molecule has 1 aliphatic rings. The maximum Gasteiger partial charge on any atom is 0.123 e. The summed E-state index contributed by atoms with van der Waals surface area (Å²) in [6, 6.07) is 4.93. The minimum atomic E-state index is 1.27. The molecule has 2 rings (SSSR count). The maximum absolute atomic E-state index is 2.47. The highest BCUT2D eigenvalue weighted by Crippen LogP contribution is 2.34. The largest absolute Gasteiger partial charge is 0.215 e. The normalized spacial score (nSPS) is 13.8. The van der Waals surface area contributed by atoms with Crippen LogP contribution in [0, 0.1) is 0 Å². The Balaban J connectivity index is 2.07. The van der Waals surface area contributed by atoms with E-state index in [1.54, 1.807) is 11.1 Å². The van der Waals surface area contributed by atoms with Crippen molar-refractivity contribution in [3.05, 3.63) is 23.3 Å². The van der Waals surface area contributed by atoms with Crippen molar-refractivity contribution in [2.24, 2.45) is 0 Å². The highest BCUT2D eigenvalue weighted by Gasteiger charge is 2.20. The molecule has 1 heterocycles. The molecule has 0 bridgehead atoms. The Morgan fingerprint density at radius 3 is 1.68 bits per heavy atom. The molecular formula is C16H26NS2+. The third kappa shape index (κ3) is 4.44. The summed E-state index contributed by atoms with van der Waals surface area (Å²) in [5, 5.41) is 0. The smallest absolute Gasteiger partial charge is 0.123 e. The van der Waals surface area contributed by atoms with Crippen LogP contribution >= 0.6 is 23.9 Å². The highest BCUT2D eigenvalue weighted by molar-refractivity contribution is 8.07. The predicted molar refractivity (Wildman–Crippen MR) is 86.5 cm³/mol. The summed E-state index contributed by atoms with van der Waals surface area (Å²) in [6.45, 7) is 4.57. The zero-order chi connectivity index (χ0) is 13.5. The predicted octanol–water partition coefficient (Wildman–Crippen LogP) is 4.74. The fourth-order valence-electron chi connectivity index (χ4n) is 2.55. The molecule has 0 unspecified atom stereocenters. The van der Waals surface area contributed by atoms with E-state index in [4.69, 9.17) is 0 Å². The molecule has 0 atom stereocenters. The van der Waals surface area contributed by atoms with E-state index in [1.165, 1.54) is 61.2 Å². The summed E-state index contributed by atoms with van der Waals surface area (Å²) in [7, 11) is 0. The molecule has 0 fully saturated rings. The molecule has 1 aliphatic heterocycles. The molecule has 3 heteroatoms. The lowest BCUT2D eigenvalue weighted by molar-refractivity contribution is -0.264. The summed E-state index contributed by atoms with van der Waals surface area (Å²) in [5.41, 5.74) is 3.23. The van der Waals surface area contributed by atoms with E-state index in [-0.39, 0.29) is 0 Å². The molecule has 0 amide bonds. The van der Waals surface area contributed by atoms with E-state index in [0.717, 1.165) is 0 Å². The van der Waals surface area contributed by atoms with Crippen LogP contribution in [0.3, 0.4) is 0 Å². The van der Waals surface area contributed by atoms with E-state index in [9.17, 15) is 0 Å². The van der Waals surface area contributed by atoms with E-state index in [1.807, 2.05) is 23.9 Å². The van der Waals surface area contributed by atoms with Crippen LogP contribution in [0.1, 0.15) is 63.5 Å². The van der Waals surface area contributed by atoms with Crippen molar-refractivity contribution in [2.45, 2.75) is 75.0 Å². The standard InChI is InChI=1S/C16H25NS2/c1-3-5-7-9-13-11-15-16(19-17-18-15)12-14(13)10-8-6-4-2/h11-12,17H,3-10H2,1-2H3/p+1. The molecule has 106 valence electrons. The third-order valence-electron chi connectivity index (χ3n) is 3.72. The van der Waals surface area contributed by atoms with E-state index in [2.05, 4.69) is 30.1 Å². The van der Waals surface area contributed by atoms with Crippen LogP contribution < -0.4 is 4.13 Å². The molecule has 1 aromatic carbocycles. The summed E-state index contributed by atoms with van der Waals surface area (Å²) in [5.74, 6) is 0. The van der Waals surface area contributed by atoms with Gasteiger partial charge in [0.15, 0.2) is 0 Å². The summed E-state index contributed by atoms with van der Waals surface area (Å²) in [4.78, 5) is 2.96. The number of unbranched alkanes of at least 4 members (excludes halogenated alkanes) is 4. The van der Waals surface area contributed by atoms with Crippen molar-refractivity contribution in [1.82, 2.24) is 0 Å². The third-order valence-corrected chi connectivity index (χ3v) is 5.80. The van der Waals surface area contributed by atoms with Gasteiger partial charge >= 0.3 is 0 Å². The van der Waals surface area contributed by atoms with Crippen molar-refractivity contribution < 1.29 is 4.13 Å². The number of nitrogens with two attached hydrogens (primary N) is 1. The van der Waals surface area contributed by atoms with Crippen LogP contribution in [0.15, 0.2) is 21.9 Å². The Hall–Kier alpha value is -0.120. The molecule has 0 aromatic heterocycles. The molecule has 0 aliphatic carbocycles. The van der Waals surface area contributed by atoms with Gasteiger partial charge in [0.1, 0.15) is 23.9 Å². The molecule has 2 N–H and O–H groups in total. The lowest BCUT2D eigenvalue weighted by Gasteiger charge is -2.10. The number of hydrogen-bond donors (Lipinski definition) is 1. The van der Waals surface area contributed by atoms with Gasteiger partial charge in [-0.25, -0.2) is 4.13 Å². The van der Waals surface area contributed by atoms with Crippen LogP contribution in [0.25, 0.3) is 0 Å². The number of aryl methyl sites for hydroxylation is 2. The van der Waals surface area contributed by atoms with Crippen molar-refractivity contribution in [3.63, 3.8) is 0 Å². The number of rotatable bonds is 8. The number of quaternary nitrogens is 1. The van der Waals surface area contributed by atoms with Gasteiger partial charge in [0.2, 0.25) is 0 Å². The number of benzene rings is 1. The Morgan fingerprint density at radius 2 is 1.26 bits per heavy atom. The van der Waals surface area contributed by atoms with E-state index in [0.29, 0.717) is 0 Å². The van der Waals surface area contributed by atoms with Gasteiger partial charge in [-0.3, -0.25) is 0 Å². The van der Waals surface area contributed by atoms with Crippen molar-refractivity contribution in [2.75, 3.05) is 0 Å². The fourth-order valence-corrected chi connectivity index (χ4v) is 4.63. The van der Waals surface area contributed by atoms with Gasteiger partial charge in [0, 0.05) is 0 Å². The topological polar surface area (TPSA) is 16.6 Å². The second-order valence-corrected chi connectivity index (χ2v) is 7.43. The molecular weight excluding hydrogens is 270 g/mol. The molecule has 19 heavy (non-hydrogen) atoms. The minimum Gasteiger partial charge on any atom is -0.215 e. The lowest BCUT2D eigenvalue weighted by Crippen LogP contribution is -2.62. The Morgan fingerprint density at radius 1 is 0.789 bits per heavy atom. The molecule has 1 aromatic rings. The van der Waals surface area contributed by atoms with Gasteiger partial charge in [-0.1, -0.05) is 39.5 Å². The first-order valence-corrected chi connectivity index (χ1v) is 9.41. The van der Waals surface area contributed by atoms with Crippen LogP contribution in [0.4, 0.5) is 0 Å². The zero-order valence-corrected chi connectivity index (χ0v) is 13.8. The second-order valence-electron chi connectivity index (χ2n) is 5.31. The molecule has 0 radical (unpaired) electrons. The lowest BCUT2D eigenvalue weighted by atomic mass is 9.97. The maximum atomic E-state index is 2.47. The van der Waals surface area contributed by atoms with Crippen molar-refractivity contribution in [3.8, 4) is 0 Å². The fraction of sp³-hybridized carbons (Fsp3) is 0.625. The van der Waals surface area contributed by atoms with Crippen LogP contribution in [0.5, 0.6) is 0 Å². The van der Waals surface area contributed by atoms with Crippen molar-refractivity contribution in [1.29, 1.82) is 0 Å². The summed E-state index contributed by atoms with van der Waals surface area (Å²) in [6.07, 6.45) is 10.6. The Kier molecular flexibility index (Phi) is 6.62. The SMILES string of the molecule is CCCCCc1cc2c(cc1CCCCC)S[NH2+]S2. The van der Waals surface area contributed by atoms with E-state index < -0.39 is 0 Å². The quantitative estimate of drug-likeness (QED) is 0.551. The number of fused-ring (bicyclic) bond motifs is 1. The molecule has 0 saturated heterocycles. The van der Waals surface area contributed by atoms with Gasteiger partial charge in [-0.2, -0.15) is 0 Å². The van der Waals surface area contributed by atoms with E-state index >= 15 is 0 Å². The van der Waals surface area contributed by atoms with Crippen LogP contribution in [-0.4, -0.2) is 0 Å². The molecule has 1 nitrogen and oxygen atoms in total. The average Bonchev–Trinajstić information content (AvgIpc) is 2.86. The van der Waals surface area contributed by atoms with Crippen LogP contribution in [0.2, 0.25) is 0 Å². The van der Waals surface area contributed by atoms with Gasteiger partial charge in [0.25, 0.3) is 0 Å². The monoisotopic (exact) mass is 296 g/mol. The first kappa shape index (κ1) is 15.3. The molecule has 0 saturated carbocycles. The van der Waals surface area contributed by atoms with Gasteiger partial charge < -0.3 is 0 Å². The minimum absolute atomic E-state index is 1.27. The van der Waals surface area contributed by atoms with Gasteiger partial charge in [-0.15, -0.1) is 0 Å². The summed E-state index contributed by atoms with van der Waals surface area (Å²) < 4.78 is 2.26. The molecule has 0 spiro atoms. The Labute approximate surface area is 126 Å². The second kappa shape index (κ2) is 8.23. The Bertz CT molecular complexity index is 367. The zero-order valence-electron chi connectivity index (χ0n) is 12.2. The van der Waals surface area contributed by atoms with Crippen LogP contribution in [-0.2, 0) is 12.8 Å². The first-order chi connectivity index (χ1) is 9.35. The average molecular weight is 297 g/mol. The number of hydrogen-bond acceptors (Lipinski definition) is 2. The first-order valence-electron chi connectivity index (χ1n) is 7.66. The van der Waals surface area contributed by atoms with Gasteiger partial charge in [-0.05, 0) is 48.9 Å². The highest BCUT2D eigenvalue weighted by atomic mass is 32.2. The van der Waals surface area contributed by atoms with Crippen molar-refractivity contribution >= 4 is 23.9 Å². The van der Waals surface area contributed by atoms with Gasteiger partial charge in [0.05, 0.1) is 9.79 Å². The summed E-state index contributed by atoms with van der Waals surface area (Å²) >= 11 is 3.79.